The third kappa shape index (κ3) is 4.04. The maximum Gasteiger partial charge on any atom is 0.0415 e. The van der Waals surface area contributed by atoms with Crippen molar-refractivity contribution in [2.45, 2.75) is 39.4 Å². The summed E-state index contributed by atoms with van der Waals surface area (Å²) in [5.74, 6) is 2.42. The third-order valence-electron chi connectivity index (χ3n) is 3.42. The Labute approximate surface area is 125 Å². The highest BCUT2D eigenvalue weighted by Gasteiger charge is 2.21. The molecule has 2 rings (SSSR count). The van der Waals surface area contributed by atoms with Crippen LogP contribution in [0.4, 0.5) is 5.69 Å². The van der Waals surface area contributed by atoms with E-state index in [1.54, 1.807) is 0 Å². The van der Waals surface area contributed by atoms with Crippen LogP contribution < -0.4 is 10.2 Å². The van der Waals surface area contributed by atoms with Crippen molar-refractivity contribution in [3.05, 3.63) is 28.8 Å². The van der Waals surface area contributed by atoms with Crippen LogP contribution in [0.5, 0.6) is 0 Å². The maximum absolute atomic E-state index is 6.16. The second-order valence-corrected chi connectivity index (χ2v) is 7.01. The number of anilines is 1. The molecule has 19 heavy (non-hydrogen) atoms. The van der Waals surface area contributed by atoms with Crippen molar-refractivity contribution in [2.24, 2.45) is 0 Å². The number of benzene rings is 1. The fraction of sp³-hybridized carbons (Fsp3) is 0.600. The Balaban J connectivity index is 2.22. The predicted molar refractivity (Wildman–Crippen MR) is 87.6 cm³/mol. The zero-order valence-corrected chi connectivity index (χ0v) is 13.5. The minimum absolute atomic E-state index is 0.487. The van der Waals surface area contributed by atoms with Gasteiger partial charge in [-0.25, -0.2) is 0 Å². The van der Waals surface area contributed by atoms with E-state index in [9.17, 15) is 0 Å². The summed E-state index contributed by atoms with van der Waals surface area (Å²) in [7, 11) is 0. The molecular weight excluding hydrogens is 276 g/mol. The predicted octanol–water partition coefficient (Wildman–Crippen LogP) is 3.78. The molecule has 1 N–H and O–H groups in total. The molecule has 1 aromatic carbocycles. The SMILES string of the molecule is CC(C)NCc1cc(Cl)ccc1N1CCSCC1C. The number of halogens is 1. The molecule has 0 spiro atoms. The molecule has 0 saturated carbocycles. The Bertz CT molecular complexity index is 423. The highest BCUT2D eigenvalue weighted by molar-refractivity contribution is 7.99. The zero-order chi connectivity index (χ0) is 13.8. The van der Waals surface area contributed by atoms with Gasteiger partial charge in [-0.1, -0.05) is 25.4 Å². The molecule has 1 aromatic rings. The van der Waals surface area contributed by atoms with Gasteiger partial charge in [-0.2, -0.15) is 11.8 Å². The normalized spacial score (nSPS) is 20.1. The Kier molecular flexibility index (Phi) is 5.43. The first-order valence-electron chi connectivity index (χ1n) is 6.94. The van der Waals surface area contributed by atoms with Crippen LogP contribution in [0.25, 0.3) is 0 Å². The Morgan fingerprint density at radius 3 is 2.95 bits per heavy atom. The largest absolute Gasteiger partial charge is 0.367 e. The van der Waals surface area contributed by atoms with Gasteiger partial charge in [0, 0.05) is 47.4 Å². The molecule has 1 aliphatic rings. The van der Waals surface area contributed by atoms with Gasteiger partial charge in [-0.15, -0.1) is 0 Å². The number of nitrogens with one attached hydrogen (secondary N) is 1. The number of nitrogens with zero attached hydrogens (tertiary/aromatic N) is 1. The van der Waals surface area contributed by atoms with Gasteiger partial charge in [0.15, 0.2) is 0 Å². The molecule has 4 heteroatoms. The van der Waals surface area contributed by atoms with Crippen LogP contribution in [0.1, 0.15) is 26.3 Å². The van der Waals surface area contributed by atoms with E-state index >= 15 is 0 Å². The van der Waals surface area contributed by atoms with Crippen molar-refractivity contribution in [2.75, 3.05) is 23.0 Å². The molecule has 0 bridgehead atoms. The molecule has 1 saturated heterocycles. The smallest absolute Gasteiger partial charge is 0.0415 e. The highest BCUT2D eigenvalue weighted by Crippen LogP contribution is 2.29. The molecule has 2 nitrogen and oxygen atoms in total. The van der Waals surface area contributed by atoms with Crippen molar-refractivity contribution in [3.8, 4) is 0 Å². The van der Waals surface area contributed by atoms with Crippen LogP contribution in [0.2, 0.25) is 5.02 Å². The summed E-state index contributed by atoms with van der Waals surface area (Å²) in [4.78, 5) is 2.52. The topological polar surface area (TPSA) is 15.3 Å². The number of thioether (sulfide) groups is 1. The summed E-state index contributed by atoms with van der Waals surface area (Å²) in [6, 6.07) is 7.36. The van der Waals surface area contributed by atoms with E-state index in [0.717, 1.165) is 18.1 Å². The van der Waals surface area contributed by atoms with Crippen LogP contribution in [-0.4, -0.2) is 30.1 Å². The van der Waals surface area contributed by atoms with E-state index in [1.807, 2.05) is 17.8 Å². The van der Waals surface area contributed by atoms with E-state index in [1.165, 1.54) is 22.8 Å². The fourth-order valence-corrected chi connectivity index (χ4v) is 3.58. The molecule has 0 aromatic heterocycles. The summed E-state index contributed by atoms with van der Waals surface area (Å²) < 4.78 is 0. The van der Waals surface area contributed by atoms with Crippen LogP contribution in [0.3, 0.4) is 0 Å². The van der Waals surface area contributed by atoms with Crippen LogP contribution >= 0.6 is 23.4 Å². The van der Waals surface area contributed by atoms with Crippen LogP contribution in [0, 0.1) is 0 Å². The summed E-state index contributed by atoms with van der Waals surface area (Å²) in [5.41, 5.74) is 2.64. The summed E-state index contributed by atoms with van der Waals surface area (Å²) in [6.07, 6.45) is 0. The highest BCUT2D eigenvalue weighted by atomic mass is 35.5. The van der Waals surface area contributed by atoms with Gasteiger partial charge >= 0.3 is 0 Å². The third-order valence-corrected chi connectivity index (χ3v) is 4.84. The standard InChI is InChI=1S/C15H23ClN2S/c1-11(2)17-9-13-8-14(16)4-5-15(13)18-6-7-19-10-12(18)3/h4-5,8,11-12,17H,6-7,9-10H2,1-3H3. The Morgan fingerprint density at radius 2 is 2.26 bits per heavy atom. The summed E-state index contributed by atoms with van der Waals surface area (Å²) >= 11 is 8.20. The van der Waals surface area contributed by atoms with Crippen molar-refractivity contribution < 1.29 is 0 Å². The Hall–Kier alpha value is -0.380. The van der Waals surface area contributed by atoms with E-state index < -0.39 is 0 Å². The van der Waals surface area contributed by atoms with E-state index in [4.69, 9.17) is 11.6 Å². The molecule has 0 amide bonds. The van der Waals surface area contributed by atoms with Crippen molar-refractivity contribution in [3.63, 3.8) is 0 Å². The van der Waals surface area contributed by atoms with Gasteiger partial charge in [0.2, 0.25) is 0 Å². The molecule has 106 valence electrons. The van der Waals surface area contributed by atoms with Gasteiger partial charge in [0.25, 0.3) is 0 Å². The Morgan fingerprint density at radius 1 is 1.47 bits per heavy atom. The monoisotopic (exact) mass is 298 g/mol. The van der Waals surface area contributed by atoms with Gasteiger partial charge in [-0.3, -0.25) is 0 Å². The minimum atomic E-state index is 0.487. The second-order valence-electron chi connectivity index (χ2n) is 5.43. The van der Waals surface area contributed by atoms with E-state index in [0.29, 0.717) is 12.1 Å². The molecule has 1 atom stereocenters. The van der Waals surface area contributed by atoms with Gasteiger partial charge in [-0.05, 0) is 30.7 Å². The first-order valence-corrected chi connectivity index (χ1v) is 8.47. The summed E-state index contributed by atoms with van der Waals surface area (Å²) in [6.45, 7) is 8.65. The molecule has 1 heterocycles. The fourth-order valence-electron chi connectivity index (χ4n) is 2.37. The molecule has 0 aliphatic carbocycles. The summed E-state index contributed by atoms with van der Waals surface area (Å²) in [5, 5.41) is 4.32. The first kappa shape index (κ1) is 15.0. The maximum atomic E-state index is 6.16. The molecule has 1 fully saturated rings. The van der Waals surface area contributed by atoms with Crippen molar-refractivity contribution in [1.29, 1.82) is 0 Å². The van der Waals surface area contributed by atoms with E-state index in [-0.39, 0.29) is 0 Å². The molecule has 0 radical (unpaired) electrons. The van der Waals surface area contributed by atoms with Crippen LogP contribution in [-0.2, 0) is 6.54 Å². The lowest BCUT2D eigenvalue weighted by atomic mass is 10.1. The zero-order valence-electron chi connectivity index (χ0n) is 11.9. The van der Waals surface area contributed by atoms with Crippen molar-refractivity contribution in [1.82, 2.24) is 5.32 Å². The quantitative estimate of drug-likeness (QED) is 0.911. The lowest BCUT2D eigenvalue weighted by Crippen LogP contribution is -2.41. The van der Waals surface area contributed by atoms with Gasteiger partial charge in [0.1, 0.15) is 0 Å². The van der Waals surface area contributed by atoms with Gasteiger partial charge in [0.05, 0.1) is 0 Å². The minimum Gasteiger partial charge on any atom is -0.367 e. The van der Waals surface area contributed by atoms with Crippen molar-refractivity contribution >= 4 is 29.1 Å². The van der Waals surface area contributed by atoms with Crippen LogP contribution in [0.15, 0.2) is 18.2 Å². The molecular formula is C15H23ClN2S. The second kappa shape index (κ2) is 6.87. The van der Waals surface area contributed by atoms with Gasteiger partial charge < -0.3 is 10.2 Å². The average Bonchev–Trinajstić information content (AvgIpc) is 2.37. The molecule has 1 aliphatic heterocycles. The first-order chi connectivity index (χ1) is 9.08. The van der Waals surface area contributed by atoms with E-state index in [2.05, 4.69) is 43.1 Å². The number of hydrogen-bond acceptors (Lipinski definition) is 3. The lowest BCUT2D eigenvalue weighted by molar-refractivity contribution is 0.586. The lowest BCUT2D eigenvalue weighted by Gasteiger charge is -2.36. The number of hydrogen-bond donors (Lipinski definition) is 1. The number of rotatable bonds is 4. The average molecular weight is 299 g/mol. The molecule has 1 unspecified atom stereocenters.